The molecule has 21 heavy (non-hydrogen) atoms. The number of furan rings is 1. The van der Waals surface area contributed by atoms with Gasteiger partial charge in [0, 0.05) is 35.1 Å². The summed E-state index contributed by atoms with van der Waals surface area (Å²) in [7, 11) is 0. The molecule has 1 aliphatic rings. The highest BCUT2D eigenvalue weighted by Gasteiger charge is 2.23. The molecule has 2 aromatic rings. The largest absolute Gasteiger partial charge is 0.478 e. The lowest BCUT2D eigenvalue weighted by molar-refractivity contribution is -0.131. The van der Waals surface area contributed by atoms with E-state index in [0.717, 1.165) is 59.2 Å². The van der Waals surface area contributed by atoms with Gasteiger partial charge < -0.3 is 9.52 Å². The van der Waals surface area contributed by atoms with Crippen LogP contribution in [0.5, 0.6) is 0 Å². The van der Waals surface area contributed by atoms with Crippen molar-refractivity contribution in [3.63, 3.8) is 0 Å². The number of benzene rings is 1. The van der Waals surface area contributed by atoms with Crippen molar-refractivity contribution in [2.45, 2.75) is 19.9 Å². The third-order valence-corrected chi connectivity index (χ3v) is 4.27. The van der Waals surface area contributed by atoms with Crippen LogP contribution in [0, 0.1) is 0 Å². The Labute approximate surface area is 127 Å². The van der Waals surface area contributed by atoms with Gasteiger partial charge in [0.15, 0.2) is 0 Å². The summed E-state index contributed by atoms with van der Waals surface area (Å²) in [6.45, 7) is 4.73. The molecule has 4 nitrogen and oxygen atoms in total. The molecule has 0 atom stereocenters. The molecule has 0 bridgehead atoms. The summed E-state index contributed by atoms with van der Waals surface area (Å²) in [4.78, 5) is 13.1. The van der Waals surface area contributed by atoms with Gasteiger partial charge in [-0.1, -0.05) is 18.5 Å². The quantitative estimate of drug-likeness (QED) is 0.881. The Hall–Kier alpha value is -1.78. The van der Waals surface area contributed by atoms with Crippen molar-refractivity contribution in [3.05, 3.63) is 40.1 Å². The van der Waals surface area contributed by atoms with Crippen molar-refractivity contribution in [1.82, 2.24) is 4.90 Å². The predicted molar refractivity (Wildman–Crippen MR) is 82.5 cm³/mol. The molecule has 1 aliphatic heterocycles. The van der Waals surface area contributed by atoms with E-state index < -0.39 is 5.97 Å². The standard InChI is InChI=1S/C16H16ClNO3/c1-2-18-8-7-10-12(17)3-4-14-16(10)11(9-18)13(21-14)5-6-15(19)20/h3-6H,2,7-9H2,1H3,(H,19,20). The first kappa shape index (κ1) is 14.2. The van der Waals surface area contributed by atoms with E-state index in [2.05, 4.69) is 11.8 Å². The van der Waals surface area contributed by atoms with Gasteiger partial charge in [-0.15, -0.1) is 0 Å². The second kappa shape index (κ2) is 5.54. The Morgan fingerprint density at radius 1 is 1.48 bits per heavy atom. The zero-order chi connectivity index (χ0) is 15.0. The van der Waals surface area contributed by atoms with Gasteiger partial charge in [-0.25, -0.2) is 4.79 Å². The van der Waals surface area contributed by atoms with Gasteiger partial charge in [0.05, 0.1) is 0 Å². The average molecular weight is 306 g/mol. The van der Waals surface area contributed by atoms with Gasteiger partial charge >= 0.3 is 5.97 Å². The van der Waals surface area contributed by atoms with E-state index >= 15 is 0 Å². The zero-order valence-electron chi connectivity index (χ0n) is 11.7. The highest BCUT2D eigenvalue weighted by atomic mass is 35.5. The van der Waals surface area contributed by atoms with Crippen molar-refractivity contribution >= 4 is 34.6 Å². The Morgan fingerprint density at radius 3 is 3.00 bits per heavy atom. The molecule has 0 fully saturated rings. The fraction of sp³-hybridized carbons (Fsp3) is 0.312. The van der Waals surface area contributed by atoms with Gasteiger partial charge in [0.25, 0.3) is 0 Å². The number of hydrogen-bond donors (Lipinski definition) is 1. The fourth-order valence-electron chi connectivity index (χ4n) is 2.85. The Balaban J connectivity index is 2.21. The van der Waals surface area contributed by atoms with Crippen LogP contribution in [0.4, 0.5) is 0 Å². The summed E-state index contributed by atoms with van der Waals surface area (Å²) in [5, 5.41) is 10.6. The minimum Gasteiger partial charge on any atom is -0.478 e. The Morgan fingerprint density at radius 2 is 2.29 bits per heavy atom. The van der Waals surface area contributed by atoms with Crippen molar-refractivity contribution in [2.75, 3.05) is 13.1 Å². The summed E-state index contributed by atoms with van der Waals surface area (Å²) in [6.07, 6.45) is 3.50. The van der Waals surface area contributed by atoms with E-state index in [9.17, 15) is 4.79 Å². The first-order valence-electron chi connectivity index (χ1n) is 6.96. The van der Waals surface area contributed by atoms with Gasteiger partial charge in [0.1, 0.15) is 11.3 Å². The highest BCUT2D eigenvalue weighted by Crippen LogP contribution is 2.36. The molecule has 1 N–H and O–H groups in total. The van der Waals surface area contributed by atoms with Crippen LogP contribution >= 0.6 is 11.6 Å². The number of aliphatic carboxylic acids is 1. The summed E-state index contributed by atoms with van der Waals surface area (Å²) < 4.78 is 5.83. The summed E-state index contributed by atoms with van der Waals surface area (Å²) in [5.41, 5.74) is 2.89. The molecule has 0 saturated heterocycles. The summed E-state index contributed by atoms with van der Waals surface area (Å²) in [6, 6.07) is 3.70. The highest BCUT2D eigenvalue weighted by molar-refractivity contribution is 6.32. The average Bonchev–Trinajstić information content (AvgIpc) is 2.67. The number of nitrogens with zero attached hydrogens (tertiary/aromatic N) is 1. The third-order valence-electron chi connectivity index (χ3n) is 3.92. The van der Waals surface area contributed by atoms with E-state index in [4.69, 9.17) is 21.1 Å². The zero-order valence-corrected chi connectivity index (χ0v) is 12.5. The number of hydrogen-bond acceptors (Lipinski definition) is 3. The first-order valence-corrected chi connectivity index (χ1v) is 7.34. The Bertz CT molecular complexity index is 733. The van der Waals surface area contributed by atoms with Crippen LogP contribution in [0.25, 0.3) is 17.0 Å². The lowest BCUT2D eigenvalue weighted by Gasteiger charge is -2.17. The topological polar surface area (TPSA) is 53.7 Å². The third kappa shape index (κ3) is 2.57. The summed E-state index contributed by atoms with van der Waals surface area (Å²) in [5.74, 6) is -0.377. The van der Waals surface area contributed by atoms with Crippen molar-refractivity contribution in [3.8, 4) is 0 Å². The number of rotatable bonds is 3. The molecule has 5 heteroatoms. The maximum Gasteiger partial charge on any atom is 0.328 e. The molecule has 0 radical (unpaired) electrons. The maximum atomic E-state index is 10.8. The van der Waals surface area contributed by atoms with E-state index in [-0.39, 0.29) is 0 Å². The van der Waals surface area contributed by atoms with Gasteiger partial charge in [0.2, 0.25) is 0 Å². The Kier molecular flexibility index (Phi) is 3.74. The van der Waals surface area contributed by atoms with Crippen molar-refractivity contribution < 1.29 is 14.3 Å². The molecular weight excluding hydrogens is 290 g/mol. The lowest BCUT2D eigenvalue weighted by Crippen LogP contribution is -2.23. The van der Waals surface area contributed by atoms with Crippen LogP contribution in [-0.4, -0.2) is 29.1 Å². The molecule has 110 valence electrons. The molecule has 0 spiro atoms. The van der Waals surface area contributed by atoms with Crippen LogP contribution in [-0.2, 0) is 17.8 Å². The van der Waals surface area contributed by atoms with E-state index in [0.29, 0.717) is 5.76 Å². The number of halogens is 1. The van der Waals surface area contributed by atoms with Gasteiger partial charge in [-0.05, 0) is 36.7 Å². The molecular formula is C16H16ClNO3. The maximum absolute atomic E-state index is 10.8. The lowest BCUT2D eigenvalue weighted by atomic mass is 10.0. The minimum absolute atomic E-state index is 0.608. The first-order chi connectivity index (χ1) is 10.1. The number of carboxylic acids is 1. The second-order valence-electron chi connectivity index (χ2n) is 5.13. The van der Waals surface area contributed by atoms with E-state index in [1.165, 1.54) is 6.08 Å². The summed E-state index contributed by atoms with van der Waals surface area (Å²) >= 11 is 6.34. The molecule has 0 amide bonds. The monoisotopic (exact) mass is 305 g/mol. The van der Waals surface area contributed by atoms with Crippen molar-refractivity contribution in [1.29, 1.82) is 0 Å². The van der Waals surface area contributed by atoms with Crippen LogP contribution in [0.3, 0.4) is 0 Å². The molecule has 0 unspecified atom stereocenters. The second-order valence-corrected chi connectivity index (χ2v) is 5.54. The molecule has 3 rings (SSSR count). The van der Waals surface area contributed by atoms with E-state index in [1.54, 1.807) is 0 Å². The molecule has 0 saturated carbocycles. The number of carbonyl (C=O) groups is 1. The SMILES string of the molecule is CCN1CCc2c(Cl)ccc3oc(C=CC(=O)O)c(c23)C1. The van der Waals surface area contributed by atoms with Crippen LogP contribution in [0.2, 0.25) is 5.02 Å². The van der Waals surface area contributed by atoms with E-state index in [1.807, 2.05) is 12.1 Å². The van der Waals surface area contributed by atoms with Gasteiger partial charge in [-0.3, -0.25) is 4.90 Å². The van der Waals surface area contributed by atoms with Crippen molar-refractivity contribution in [2.24, 2.45) is 0 Å². The normalized spacial score (nSPS) is 15.7. The number of carboxylic acid groups (broad SMARTS) is 1. The minimum atomic E-state index is -0.984. The predicted octanol–water partition coefficient (Wildman–Crippen LogP) is 3.56. The molecule has 1 aromatic carbocycles. The molecule has 0 aliphatic carbocycles. The molecule has 1 aromatic heterocycles. The van der Waals surface area contributed by atoms with Crippen LogP contribution in [0.15, 0.2) is 22.6 Å². The van der Waals surface area contributed by atoms with Crippen LogP contribution in [0.1, 0.15) is 23.8 Å². The van der Waals surface area contributed by atoms with Crippen LogP contribution < -0.4 is 0 Å². The smallest absolute Gasteiger partial charge is 0.328 e. The number of likely N-dealkylation sites (N-methyl/N-ethyl adjacent to an activating group) is 1. The van der Waals surface area contributed by atoms with Gasteiger partial charge in [-0.2, -0.15) is 0 Å². The molecule has 2 heterocycles. The fourth-order valence-corrected chi connectivity index (χ4v) is 3.10.